The van der Waals surface area contributed by atoms with Crippen LogP contribution in [0, 0.1) is 23.1 Å². The van der Waals surface area contributed by atoms with E-state index in [0.717, 1.165) is 31.8 Å². The van der Waals surface area contributed by atoms with Crippen molar-refractivity contribution < 1.29 is 18.4 Å². The van der Waals surface area contributed by atoms with Crippen LogP contribution in [0.2, 0.25) is 0 Å². The summed E-state index contributed by atoms with van der Waals surface area (Å²) in [7, 11) is 0. The lowest BCUT2D eigenvalue weighted by molar-refractivity contribution is -0.129. The summed E-state index contributed by atoms with van der Waals surface area (Å²) in [5, 5.41) is 12.0. The van der Waals surface area contributed by atoms with E-state index in [4.69, 9.17) is 4.42 Å². The third kappa shape index (κ3) is 4.50. The fourth-order valence-corrected chi connectivity index (χ4v) is 3.11. The topological polar surface area (TPSA) is 83.1 Å². The Morgan fingerprint density at radius 1 is 1.22 bits per heavy atom. The van der Waals surface area contributed by atoms with Gasteiger partial charge in [0, 0.05) is 6.04 Å². The molecule has 1 atom stereocenters. The van der Waals surface area contributed by atoms with E-state index in [-0.39, 0.29) is 6.04 Å². The van der Waals surface area contributed by atoms with Crippen molar-refractivity contribution in [2.45, 2.75) is 31.7 Å². The standard InChI is InChI=1S/C21H19FN2O3/c22-18-8-4-3-7-16(18)20-12-10-15(27-20)9-11-19(25)17(13-23)21(26)24-14-5-1-2-6-14/h3-4,7-12,14,17H,1-2,5-6H2,(H,24,26)/b11-9+. The Hall–Kier alpha value is -3.20. The van der Waals surface area contributed by atoms with E-state index >= 15 is 0 Å². The summed E-state index contributed by atoms with van der Waals surface area (Å²) < 4.78 is 19.3. The van der Waals surface area contributed by atoms with Crippen LogP contribution in [0.3, 0.4) is 0 Å². The van der Waals surface area contributed by atoms with E-state index in [1.807, 2.05) is 0 Å². The number of allylic oxidation sites excluding steroid dienone is 1. The number of nitriles is 1. The van der Waals surface area contributed by atoms with Crippen molar-refractivity contribution in [2.24, 2.45) is 5.92 Å². The van der Waals surface area contributed by atoms with Gasteiger partial charge in [-0.1, -0.05) is 25.0 Å². The maximum Gasteiger partial charge on any atom is 0.245 e. The van der Waals surface area contributed by atoms with Crippen molar-refractivity contribution in [3.05, 3.63) is 54.1 Å². The van der Waals surface area contributed by atoms with Gasteiger partial charge in [-0.25, -0.2) is 4.39 Å². The molecule has 1 N–H and O–H groups in total. The molecule has 0 aliphatic heterocycles. The van der Waals surface area contributed by atoms with Crippen molar-refractivity contribution in [3.8, 4) is 17.4 Å². The average Bonchev–Trinajstić information content (AvgIpc) is 3.33. The van der Waals surface area contributed by atoms with Crippen LogP contribution < -0.4 is 5.32 Å². The first-order chi connectivity index (χ1) is 13.1. The molecule has 1 unspecified atom stereocenters. The number of amides is 1. The van der Waals surface area contributed by atoms with Gasteiger partial charge in [-0.05, 0) is 49.3 Å². The zero-order valence-corrected chi connectivity index (χ0v) is 14.7. The molecule has 1 amide bonds. The lowest BCUT2D eigenvalue weighted by Gasteiger charge is -2.13. The molecule has 27 heavy (non-hydrogen) atoms. The smallest absolute Gasteiger partial charge is 0.245 e. The van der Waals surface area contributed by atoms with E-state index in [1.165, 1.54) is 12.1 Å². The first-order valence-electron chi connectivity index (χ1n) is 8.85. The summed E-state index contributed by atoms with van der Waals surface area (Å²) in [6.45, 7) is 0. The molecule has 0 bridgehead atoms. The molecule has 1 aromatic heterocycles. The highest BCUT2D eigenvalue weighted by atomic mass is 19.1. The number of hydrogen-bond acceptors (Lipinski definition) is 4. The molecule has 6 heteroatoms. The number of ketones is 1. The van der Waals surface area contributed by atoms with Crippen molar-refractivity contribution in [2.75, 3.05) is 0 Å². The molecule has 1 aliphatic rings. The average molecular weight is 366 g/mol. The van der Waals surface area contributed by atoms with Gasteiger partial charge in [0.1, 0.15) is 17.3 Å². The number of benzene rings is 1. The number of carbonyl (C=O) groups is 2. The first kappa shape index (κ1) is 18.6. The Morgan fingerprint density at radius 3 is 2.67 bits per heavy atom. The third-order valence-electron chi connectivity index (χ3n) is 4.56. The molecule has 1 heterocycles. The molecule has 2 aromatic rings. The fraction of sp³-hybridized carbons (Fsp3) is 0.286. The summed E-state index contributed by atoms with van der Waals surface area (Å²) >= 11 is 0. The summed E-state index contributed by atoms with van der Waals surface area (Å²) in [6.07, 6.45) is 6.35. The molecule has 1 saturated carbocycles. The Kier molecular flexibility index (Phi) is 5.82. The number of nitrogens with one attached hydrogen (secondary N) is 1. The largest absolute Gasteiger partial charge is 0.457 e. The van der Waals surface area contributed by atoms with Crippen molar-refractivity contribution >= 4 is 17.8 Å². The molecule has 0 radical (unpaired) electrons. The maximum atomic E-state index is 13.8. The lowest BCUT2D eigenvalue weighted by Crippen LogP contribution is -2.39. The van der Waals surface area contributed by atoms with Crippen molar-refractivity contribution in [1.29, 1.82) is 5.26 Å². The van der Waals surface area contributed by atoms with Crippen molar-refractivity contribution in [1.82, 2.24) is 5.32 Å². The van der Waals surface area contributed by atoms with E-state index in [0.29, 0.717) is 17.1 Å². The van der Waals surface area contributed by atoms with Crippen molar-refractivity contribution in [3.63, 3.8) is 0 Å². The monoisotopic (exact) mass is 366 g/mol. The Bertz CT molecular complexity index is 904. The van der Waals surface area contributed by atoms with Crippen LogP contribution in [0.15, 0.2) is 46.9 Å². The molecule has 0 saturated heterocycles. The van der Waals surface area contributed by atoms with E-state index in [1.54, 1.807) is 36.4 Å². The van der Waals surface area contributed by atoms with Gasteiger partial charge < -0.3 is 9.73 Å². The van der Waals surface area contributed by atoms with Crippen LogP contribution in [0.4, 0.5) is 4.39 Å². The number of nitrogens with zero attached hydrogens (tertiary/aromatic N) is 1. The number of carbonyl (C=O) groups excluding carboxylic acids is 2. The highest BCUT2D eigenvalue weighted by Gasteiger charge is 2.27. The normalized spacial score (nSPS) is 15.6. The predicted molar refractivity (Wildman–Crippen MR) is 97.6 cm³/mol. The molecule has 3 rings (SSSR count). The van der Waals surface area contributed by atoms with E-state index in [2.05, 4.69) is 5.32 Å². The molecule has 0 spiro atoms. The van der Waals surface area contributed by atoms with Gasteiger partial charge >= 0.3 is 0 Å². The second-order valence-electron chi connectivity index (χ2n) is 6.47. The Labute approximate surface area is 156 Å². The highest BCUT2D eigenvalue weighted by molar-refractivity contribution is 6.10. The third-order valence-corrected chi connectivity index (χ3v) is 4.56. The summed E-state index contributed by atoms with van der Waals surface area (Å²) in [5.41, 5.74) is 0.314. The molecule has 1 aromatic carbocycles. The van der Waals surface area contributed by atoms with Crippen LogP contribution in [0.25, 0.3) is 17.4 Å². The number of halogens is 1. The molecule has 5 nitrogen and oxygen atoms in total. The van der Waals surface area contributed by atoms with Crippen LogP contribution in [0.5, 0.6) is 0 Å². The molecule has 1 fully saturated rings. The lowest BCUT2D eigenvalue weighted by atomic mass is 10.0. The number of hydrogen-bond donors (Lipinski definition) is 1. The first-order valence-corrected chi connectivity index (χ1v) is 8.85. The fourth-order valence-electron chi connectivity index (χ4n) is 3.11. The van der Waals surface area contributed by atoms with Crippen LogP contribution in [-0.4, -0.2) is 17.7 Å². The Morgan fingerprint density at radius 2 is 1.96 bits per heavy atom. The van der Waals surface area contributed by atoms with Gasteiger partial charge in [-0.2, -0.15) is 5.26 Å². The van der Waals surface area contributed by atoms with Crippen LogP contribution in [0.1, 0.15) is 31.4 Å². The van der Waals surface area contributed by atoms with Gasteiger partial charge in [-0.15, -0.1) is 0 Å². The Balaban J connectivity index is 1.66. The number of rotatable bonds is 6. The number of furan rings is 1. The molecular formula is C21H19FN2O3. The van der Waals surface area contributed by atoms with Gasteiger partial charge in [0.25, 0.3) is 0 Å². The second kappa shape index (κ2) is 8.45. The van der Waals surface area contributed by atoms with Gasteiger partial charge in [0.05, 0.1) is 11.6 Å². The summed E-state index contributed by atoms with van der Waals surface area (Å²) in [4.78, 5) is 24.4. The quantitative estimate of drug-likeness (QED) is 0.621. The van der Waals surface area contributed by atoms with Crippen LogP contribution in [-0.2, 0) is 9.59 Å². The van der Waals surface area contributed by atoms with Gasteiger partial charge in [-0.3, -0.25) is 9.59 Å². The summed E-state index contributed by atoms with van der Waals surface area (Å²) in [6, 6.07) is 11.2. The van der Waals surface area contributed by atoms with Crippen LogP contribution >= 0.6 is 0 Å². The minimum Gasteiger partial charge on any atom is -0.457 e. The molecule has 138 valence electrons. The minimum atomic E-state index is -1.39. The molecule has 1 aliphatic carbocycles. The van der Waals surface area contributed by atoms with E-state index < -0.39 is 23.4 Å². The highest BCUT2D eigenvalue weighted by Crippen LogP contribution is 2.25. The minimum absolute atomic E-state index is 0.0403. The van der Waals surface area contributed by atoms with Gasteiger partial charge in [0.2, 0.25) is 5.91 Å². The molecular weight excluding hydrogens is 347 g/mol. The second-order valence-corrected chi connectivity index (χ2v) is 6.47. The SMILES string of the molecule is N#CC(C(=O)/C=C/c1ccc(-c2ccccc2F)o1)C(=O)NC1CCCC1. The summed E-state index contributed by atoms with van der Waals surface area (Å²) in [5.74, 6) is -2.32. The maximum absolute atomic E-state index is 13.8. The zero-order valence-electron chi connectivity index (χ0n) is 14.7. The predicted octanol–water partition coefficient (Wildman–Crippen LogP) is 3.87. The zero-order chi connectivity index (χ0) is 19.2. The van der Waals surface area contributed by atoms with E-state index in [9.17, 15) is 19.2 Å². The van der Waals surface area contributed by atoms with Gasteiger partial charge in [0.15, 0.2) is 11.7 Å².